The summed E-state index contributed by atoms with van der Waals surface area (Å²) in [6.45, 7) is 6.12. The Morgan fingerprint density at radius 1 is 1.27 bits per heavy atom. The molecule has 2 heterocycles. The number of nitrogens with zero attached hydrogens (tertiary/aromatic N) is 1. The summed E-state index contributed by atoms with van der Waals surface area (Å²) in [5, 5.41) is 9.76. The molecule has 1 aromatic carbocycles. The first-order valence-electron chi connectivity index (χ1n) is 9.62. The molecule has 0 bridgehead atoms. The lowest BCUT2D eigenvalue weighted by atomic mass is 9.74. The van der Waals surface area contributed by atoms with Gasteiger partial charge in [-0.1, -0.05) is 38.1 Å². The number of hydrogen-bond donors (Lipinski definition) is 1. The number of ether oxygens (including phenoxy) is 1. The molecule has 1 N–H and O–H groups in total. The van der Waals surface area contributed by atoms with Crippen LogP contribution in [0.4, 0.5) is 0 Å². The van der Waals surface area contributed by atoms with Crippen molar-refractivity contribution in [2.75, 3.05) is 26.3 Å². The Bertz CT molecular complexity index is 713. The van der Waals surface area contributed by atoms with Crippen molar-refractivity contribution >= 4 is 11.9 Å². The van der Waals surface area contributed by atoms with Crippen molar-refractivity contribution in [2.45, 2.75) is 38.5 Å². The van der Waals surface area contributed by atoms with Gasteiger partial charge in [-0.25, -0.2) is 0 Å². The maximum absolute atomic E-state index is 13.0. The maximum Gasteiger partial charge on any atom is 0.311 e. The average molecular weight is 357 g/mol. The topological polar surface area (TPSA) is 66.8 Å². The molecule has 0 radical (unpaired) electrons. The normalized spacial score (nSPS) is 33.2. The summed E-state index contributed by atoms with van der Waals surface area (Å²) in [6, 6.07) is 8.59. The molecule has 1 amide bonds. The number of rotatable bonds is 4. The number of likely N-dealkylation sites (tertiary alicyclic amines) is 1. The zero-order chi connectivity index (χ0) is 18.5. The van der Waals surface area contributed by atoms with Crippen LogP contribution in [0.3, 0.4) is 0 Å². The number of aliphatic carboxylic acids is 1. The van der Waals surface area contributed by atoms with Crippen molar-refractivity contribution in [3.05, 3.63) is 35.4 Å². The molecule has 0 spiro atoms. The largest absolute Gasteiger partial charge is 0.481 e. The molecule has 0 aromatic heterocycles. The molecule has 26 heavy (non-hydrogen) atoms. The summed E-state index contributed by atoms with van der Waals surface area (Å²) in [7, 11) is 0. The molecule has 3 aliphatic rings. The minimum absolute atomic E-state index is 0.00631. The second-order valence-electron chi connectivity index (χ2n) is 8.47. The lowest BCUT2D eigenvalue weighted by molar-refractivity contribution is -0.157. The van der Waals surface area contributed by atoms with E-state index in [1.165, 1.54) is 11.1 Å². The van der Waals surface area contributed by atoms with Gasteiger partial charge in [-0.2, -0.15) is 0 Å². The number of carboxylic acids is 1. The molecule has 2 aliphatic heterocycles. The van der Waals surface area contributed by atoms with Gasteiger partial charge >= 0.3 is 5.97 Å². The fraction of sp³-hybridized carbons (Fsp3) is 0.619. The average Bonchev–Trinajstić information content (AvgIpc) is 3.32. The zero-order valence-electron chi connectivity index (χ0n) is 15.5. The number of amides is 1. The lowest BCUT2D eigenvalue weighted by Gasteiger charge is -2.33. The molecule has 4 atom stereocenters. The van der Waals surface area contributed by atoms with Gasteiger partial charge in [-0.05, 0) is 35.8 Å². The van der Waals surface area contributed by atoms with E-state index in [1.807, 2.05) is 0 Å². The molecule has 2 saturated heterocycles. The third-order valence-electron chi connectivity index (χ3n) is 6.58. The van der Waals surface area contributed by atoms with Crippen LogP contribution >= 0.6 is 0 Å². The van der Waals surface area contributed by atoms with E-state index >= 15 is 0 Å². The summed E-state index contributed by atoms with van der Waals surface area (Å²) in [5.41, 5.74) is 1.72. The van der Waals surface area contributed by atoms with Crippen LogP contribution < -0.4 is 0 Å². The van der Waals surface area contributed by atoms with Gasteiger partial charge in [0.05, 0.1) is 12.0 Å². The Morgan fingerprint density at radius 2 is 2.00 bits per heavy atom. The van der Waals surface area contributed by atoms with Gasteiger partial charge < -0.3 is 14.7 Å². The van der Waals surface area contributed by atoms with Crippen LogP contribution in [0.1, 0.15) is 49.7 Å². The Hall–Kier alpha value is -1.88. The van der Waals surface area contributed by atoms with Gasteiger partial charge in [0.25, 0.3) is 0 Å². The molecule has 4 rings (SSSR count). The highest BCUT2D eigenvalue weighted by Gasteiger charge is 2.57. The highest BCUT2D eigenvalue weighted by molar-refractivity contribution is 5.85. The van der Waals surface area contributed by atoms with E-state index in [-0.39, 0.29) is 23.7 Å². The van der Waals surface area contributed by atoms with Crippen LogP contribution in [0.5, 0.6) is 0 Å². The van der Waals surface area contributed by atoms with Crippen LogP contribution in [-0.4, -0.2) is 48.2 Å². The van der Waals surface area contributed by atoms with Crippen LogP contribution in [0.25, 0.3) is 0 Å². The fourth-order valence-corrected chi connectivity index (χ4v) is 4.67. The predicted octanol–water partition coefficient (Wildman–Crippen LogP) is 2.86. The minimum Gasteiger partial charge on any atom is -0.481 e. The summed E-state index contributed by atoms with van der Waals surface area (Å²) in [5.74, 6) is 0.0501. The van der Waals surface area contributed by atoms with E-state index in [4.69, 9.17) is 4.74 Å². The Morgan fingerprint density at radius 3 is 2.62 bits per heavy atom. The summed E-state index contributed by atoms with van der Waals surface area (Å²) < 4.78 is 5.48. The number of benzene rings is 1. The van der Waals surface area contributed by atoms with E-state index in [0.717, 1.165) is 6.42 Å². The summed E-state index contributed by atoms with van der Waals surface area (Å²) in [6.07, 6.45) is 1.37. The van der Waals surface area contributed by atoms with Gasteiger partial charge in [0, 0.05) is 31.5 Å². The van der Waals surface area contributed by atoms with Crippen LogP contribution in [0, 0.1) is 17.3 Å². The predicted molar refractivity (Wildman–Crippen MR) is 97.0 cm³/mol. The quantitative estimate of drug-likeness (QED) is 0.900. The van der Waals surface area contributed by atoms with Crippen molar-refractivity contribution < 1.29 is 19.4 Å². The molecule has 5 nitrogen and oxygen atoms in total. The van der Waals surface area contributed by atoms with Crippen LogP contribution in [0.2, 0.25) is 0 Å². The molecule has 5 heteroatoms. The molecule has 1 aromatic rings. The first kappa shape index (κ1) is 17.5. The van der Waals surface area contributed by atoms with Crippen molar-refractivity contribution in [1.82, 2.24) is 4.90 Å². The van der Waals surface area contributed by atoms with E-state index in [2.05, 4.69) is 38.1 Å². The Kier molecular flexibility index (Phi) is 4.30. The van der Waals surface area contributed by atoms with E-state index in [9.17, 15) is 14.7 Å². The first-order valence-corrected chi connectivity index (χ1v) is 9.62. The molecular formula is C21H27NO4. The first-order chi connectivity index (χ1) is 12.4. The van der Waals surface area contributed by atoms with E-state index in [1.54, 1.807) is 4.90 Å². The lowest BCUT2D eigenvalue weighted by Crippen LogP contribution is -2.45. The molecule has 3 fully saturated rings. The smallest absolute Gasteiger partial charge is 0.311 e. The standard InChI is InChI=1S/C21H27NO4/c1-13(2)14-3-5-15(6-4-14)17-9-18(17)19(23)22-10-16-11-26-8-7-21(16,12-22)20(24)25/h3-6,13,16-18H,7-12H2,1-2H3,(H,24,25)/t16-,17?,18?,21+/m0/s1. The molecule has 1 aliphatic carbocycles. The fourth-order valence-electron chi connectivity index (χ4n) is 4.67. The number of carbonyl (C=O) groups excluding carboxylic acids is 1. The molecule has 2 unspecified atom stereocenters. The SMILES string of the molecule is CC(C)c1ccc(C2CC2C(=O)N2C[C@H]3COCC[C@@]3(C(=O)O)C2)cc1. The van der Waals surface area contributed by atoms with Gasteiger partial charge in [-0.15, -0.1) is 0 Å². The number of fused-ring (bicyclic) bond motifs is 1. The van der Waals surface area contributed by atoms with Crippen molar-refractivity contribution in [3.63, 3.8) is 0 Å². The van der Waals surface area contributed by atoms with Crippen LogP contribution in [0.15, 0.2) is 24.3 Å². The number of carbonyl (C=O) groups is 2. The van der Waals surface area contributed by atoms with Gasteiger partial charge in [0.2, 0.25) is 5.91 Å². The highest BCUT2D eigenvalue weighted by Crippen LogP contribution is 2.51. The van der Waals surface area contributed by atoms with E-state index in [0.29, 0.717) is 38.6 Å². The third-order valence-corrected chi connectivity index (χ3v) is 6.58. The van der Waals surface area contributed by atoms with Gasteiger partial charge in [-0.3, -0.25) is 9.59 Å². The molecular weight excluding hydrogens is 330 g/mol. The third kappa shape index (κ3) is 2.82. The monoisotopic (exact) mass is 357 g/mol. The number of carboxylic acid groups (broad SMARTS) is 1. The van der Waals surface area contributed by atoms with Gasteiger partial charge in [0.1, 0.15) is 0 Å². The second kappa shape index (κ2) is 6.38. The van der Waals surface area contributed by atoms with Crippen LogP contribution in [-0.2, 0) is 14.3 Å². The Labute approximate surface area is 154 Å². The molecule has 140 valence electrons. The van der Waals surface area contributed by atoms with Crippen molar-refractivity contribution in [2.24, 2.45) is 17.3 Å². The highest BCUT2D eigenvalue weighted by atomic mass is 16.5. The summed E-state index contributed by atoms with van der Waals surface area (Å²) >= 11 is 0. The molecule has 1 saturated carbocycles. The second-order valence-corrected chi connectivity index (χ2v) is 8.47. The number of hydrogen-bond acceptors (Lipinski definition) is 3. The maximum atomic E-state index is 13.0. The van der Waals surface area contributed by atoms with E-state index < -0.39 is 11.4 Å². The van der Waals surface area contributed by atoms with Crippen molar-refractivity contribution in [1.29, 1.82) is 0 Å². The Balaban J connectivity index is 1.44. The van der Waals surface area contributed by atoms with Crippen molar-refractivity contribution in [3.8, 4) is 0 Å². The van der Waals surface area contributed by atoms with Gasteiger partial charge in [0.15, 0.2) is 0 Å². The summed E-state index contributed by atoms with van der Waals surface area (Å²) in [4.78, 5) is 26.6. The zero-order valence-corrected chi connectivity index (χ0v) is 15.5. The minimum atomic E-state index is -0.808.